The third-order valence-corrected chi connectivity index (χ3v) is 4.89. The second-order valence-electron chi connectivity index (χ2n) is 7.28. The van der Waals surface area contributed by atoms with Gasteiger partial charge in [-0.15, -0.1) is 0 Å². The molecule has 1 atom stereocenters. The van der Waals surface area contributed by atoms with Gasteiger partial charge in [-0.1, -0.05) is 23.8 Å². The zero-order valence-corrected chi connectivity index (χ0v) is 14.6. The Hall–Kier alpha value is -2.00. The Morgan fingerprint density at radius 3 is 2.50 bits per heavy atom. The van der Waals surface area contributed by atoms with Crippen LogP contribution in [0.1, 0.15) is 66.3 Å². The van der Waals surface area contributed by atoms with Crippen LogP contribution >= 0.6 is 0 Å². The third-order valence-electron chi connectivity index (χ3n) is 4.89. The quantitative estimate of drug-likeness (QED) is 0.573. The van der Waals surface area contributed by atoms with E-state index in [1.165, 1.54) is 17.7 Å². The predicted molar refractivity (Wildman–Crippen MR) is 94.5 cm³/mol. The molecular weight excluding hydrogens is 300 g/mol. The summed E-state index contributed by atoms with van der Waals surface area (Å²) in [5.74, 6) is -0.165. The number of carbonyl (C=O) groups is 2. The summed E-state index contributed by atoms with van der Waals surface area (Å²) in [6.45, 7) is 6.43. The Labute approximate surface area is 143 Å². The van der Waals surface area contributed by atoms with Crippen molar-refractivity contribution >= 4 is 11.6 Å². The molecule has 1 saturated heterocycles. The Morgan fingerprint density at radius 1 is 1.17 bits per heavy atom. The van der Waals surface area contributed by atoms with E-state index in [4.69, 9.17) is 4.74 Å². The van der Waals surface area contributed by atoms with Crippen LogP contribution in [0.3, 0.4) is 0 Å². The van der Waals surface area contributed by atoms with E-state index in [1.54, 1.807) is 6.07 Å². The number of carbonyl (C=O) groups excluding carboxylic acids is 2. The highest BCUT2D eigenvalue weighted by Crippen LogP contribution is 2.38. The maximum absolute atomic E-state index is 11.9. The molecule has 1 aliphatic carbocycles. The van der Waals surface area contributed by atoms with Crippen LogP contribution < -0.4 is 0 Å². The van der Waals surface area contributed by atoms with Crippen molar-refractivity contribution in [1.82, 2.24) is 0 Å². The van der Waals surface area contributed by atoms with Crippen LogP contribution in [0.2, 0.25) is 0 Å². The van der Waals surface area contributed by atoms with Crippen molar-refractivity contribution in [2.45, 2.75) is 58.2 Å². The fourth-order valence-corrected chi connectivity index (χ4v) is 3.18. The van der Waals surface area contributed by atoms with Gasteiger partial charge in [0, 0.05) is 11.1 Å². The molecule has 3 nitrogen and oxygen atoms in total. The maximum Gasteiger partial charge on any atom is 0.186 e. The number of ether oxygens (including phenoxy) is 1. The van der Waals surface area contributed by atoms with Gasteiger partial charge in [0.15, 0.2) is 11.6 Å². The minimum atomic E-state index is -0.0860. The van der Waals surface area contributed by atoms with Gasteiger partial charge in [0.05, 0.1) is 11.7 Å². The molecule has 3 rings (SSSR count). The molecule has 1 aromatic carbocycles. The first-order chi connectivity index (χ1) is 11.4. The molecule has 0 bridgehead atoms. The van der Waals surface area contributed by atoms with Gasteiger partial charge in [-0.05, 0) is 70.2 Å². The van der Waals surface area contributed by atoms with Gasteiger partial charge in [-0.3, -0.25) is 9.59 Å². The third kappa shape index (κ3) is 3.73. The molecule has 1 unspecified atom stereocenters. The monoisotopic (exact) mass is 324 g/mol. The summed E-state index contributed by atoms with van der Waals surface area (Å²) in [6, 6.07) is 5.59. The van der Waals surface area contributed by atoms with Crippen molar-refractivity contribution in [1.29, 1.82) is 0 Å². The molecule has 126 valence electrons. The Morgan fingerprint density at radius 2 is 1.83 bits per heavy atom. The lowest BCUT2D eigenvalue weighted by Crippen LogP contribution is -2.11. The van der Waals surface area contributed by atoms with Crippen molar-refractivity contribution in [2.75, 3.05) is 0 Å². The average molecular weight is 324 g/mol. The second kappa shape index (κ2) is 6.48. The van der Waals surface area contributed by atoms with Crippen molar-refractivity contribution < 1.29 is 14.3 Å². The number of aryl methyl sites for hydroxylation is 1. The summed E-state index contributed by atoms with van der Waals surface area (Å²) in [5.41, 5.74) is 3.61. The van der Waals surface area contributed by atoms with Crippen LogP contribution in [-0.4, -0.2) is 23.3 Å². The molecule has 0 N–H and O–H groups in total. The summed E-state index contributed by atoms with van der Waals surface area (Å²) in [7, 11) is 0. The van der Waals surface area contributed by atoms with Crippen LogP contribution in [0.25, 0.3) is 0 Å². The Balaban J connectivity index is 1.54. The van der Waals surface area contributed by atoms with Gasteiger partial charge < -0.3 is 4.74 Å². The number of epoxide rings is 1. The SMILES string of the molecule is C/C(=C\CCc1ccc2c(c1)C(=O)C=CC2=O)CCC1OC1(C)C. The number of fused-ring (bicyclic) bond motifs is 1. The van der Waals surface area contributed by atoms with Crippen LogP contribution in [-0.2, 0) is 11.2 Å². The van der Waals surface area contributed by atoms with Crippen molar-refractivity contribution in [3.05, 3.63) is 58.7 Å². The zero-order valence-electron chi connectivity index (χ0n) is 14.6. The average Bonchev–Trinajstić information content (AvgIpc) is 3.16. The number of rotatable bonds is 6. The fourth-order valence-electron chi connectivity index (χ4n) is 3.18. The molecule has 2 aliphatic rings. The molecule has 0 radical (unpaired) electrons. The molecule has 0 saturated carbocycles. The predicted octanol–water partition coefficient (Wildman–Crippen LogP) is 4.46. The minimum absolute atomic E-state index is 0.0713. The highest BCUT2D eigenvalue weighted by Gasteiger charge is 2.46. The van der Waals surface area contributed by atoms with E-state index in [-0.39, 0.29) is 17.2 Å². The molecule has 0 amide bonds. The first-order valence-corrected chi connectivity index (χ1v) is 8.60. The zero-order chi connectivity index (χ0) is 17.3. The van der Waals surface area contributed by atoms with Crippen molar-refractivity contribution in [2.24, 2.45) is 0 Å². The molecule has 0 spiro atoms. The van der Waals surface area contributed by atoms with E-state index < -0.39 is 0 Å². The standard InChI is InChI=1S/C21H24O3/c1-14(7-12-20-21(2,3)24-20)5-4-6-15-8-9-16-17(13-15)19(23)11-10-18(16)22/h5,8-11,13,20H,4,6-7,12H2,1-3H3/b14-5+. The van der Waals surface area contributed by atoms with Gasteiger partial charge in [-0.25, -0.2) is 0 Å². The topological polar surface area (TPSA) is 46.7 Å². The van der Waals surface area contributed by atoms with E-state index in [0.717, 1.165) is 31.2 Å². The largest absolute Gasteiger partial charge is 0.367 e. The summed E-state index contributed by atoms with van der Waals surface area (Å²) < 4.78 is 5.61. The summed E-state index contributed by atoms with van der Waals surface area (Å²) in [4.78, 5) is 23.7. The molecule has 1 fully saturated rings. The molecule has 1 aliphatic heterocycles. The van der Waals surface area contributed by atoms with Crippen LogP contribution in [0, 0.1) is 0 Å². The molecule has 3 heteroatoms. The summed E-state index contributed by atoms with van der Waals surface area (Å²) in [5, 5.41) is 0. The molecule has 1 aromatic rings. The number of hydrogen-bond donors (Lipinski definition) is 0. The van der Waals surface area contributed by atoms with Gasteiger partial charge in [-0.2, -0.15) is 0 Å². The number of hydrogen-bond acceptors (Lipinski definition) is 3. The number of ketones is 2. The van der Waals surface area contributed by atoms with Gasteiger partial charge in [0.1, 0.15) is 0 Å². The van der Waals surface area contributed by atoms with E-state index in [0.29, 0.717) is 17.2 Å². The highest BCUT2D eigenvalue weighted by atomic mass is 16.6. The maximum atomic E-state index is 11.9. The van der Waals surface area contributed by atoms with E-state index in [2.05, 4.69) is 26.8 Å². The normalized spacial score (nSPS) is 21.8. The smallest absolute Gasteiger partial charge is 0.186 e. The van der Waals surface area contributed by atoms with Gasteiger partial charge in [0.25, 0.3) is 0 Å². The van der Waals surface area contributed by atoms with Gasteiger partial charge >= 0.3 is 0 Å². The van der Waals surface area contributed by atoms with Crippen molar-refractivity contribution in [3.63, 3.8) is 0 Å². The van der Waals surface area contributed by atoms with Crippen LogP contribution in [0.15, 0.2) is 42.0 Å². The fraction of sp³-hybridized carbons (Fsp3) is 0.429. The first kappa shape index (κ1) is 16.8. The van der Waals surface area contributed by atoms with Crippen LogP contribution in [0.5, 0.6) is 0 Å². The van der Waals surface area contributed by atoms with E-state index in [1.807, 2.05) is 12.1 Å². The lowest BCUT2D eigenvalue weighted by molar-refractivity contribution is 0.0994. The lowest BCUT2D eigenvalue weighted by Gasteiger charge is -2.10. The lowest BCUT2D eigenvalue weighted by atomic mass is 9.92. The van der Waals surface area contributed by atoms with Crippen LogP contribution in [0.4, 0.5) is 0 Å². The molecule has 1 heterocycles. The molecule has 0 aromatic heterocycles. The molecular formula is C21H24O3. The highest BCUT2D eigenvalue weighted by molar-refractivity contribution is 6.22. The number of benzene rings is 1. The van der Waals surface area contributed by atoms with E-state index >= 15 is 0 Å². The van der Waals surface area contributed by atoms with Crippen molar-refractivity contribution in [3.8, 4) is 0 Å². The minimum Gasteiger partial charge on any atom is -0.367 e. The number of allylic oxidation sites excluding steroid dienone is 4. The molecule has 24 heavy (non-hydrogen) atoms. The summed E-state index contributed by atoms with van der Waals surface area (Å²) >= 11 is 0. The summed E-state index contributed by atoms with van der Waals surface area (Å²) in [6.07, 6.45) is 9.34. The van der Waals surface area contributed by atoms with Gasteiger partial charge in [0.2, 0.25) is 0 Å². The van der Waals surface area contributed by atoms with E-state index in [9.17, 15) is 9.59 Å². The second-order valence-corrected chi connectivity index (χ2v) is 7.28. The Kier molecular flexibility index (Phi) is 4.55. The Bertz CT molecular complexity index is 737. The first-order valence-electron chi connectivity index (χ1n) is 8.60.